The predicted molar refractivity (Wildman–Crippen MR) is 115 cm³/mol. The highest BCUT2D eigenvalue weighted by Gasteiger charge is 2.17. The number of benzene rings is 2. The topological polar surface area (TPSA) is 48.0 Å². The van der Waals surface area contributed by atoms with Crippen molar-refractivity contribution in [2.24, 2.45) is 5.73 Å². The first-order chi connectivity index (χ1) is 13.2. The number of hydrogen-bond donors (Lipinski definition) is 1. The van der Waals surface area contributed by atoms with Gasteiger partial charge in [-0.15, -0.1) is 22.7 Å². The summed E-state index contributed by atoms with van der Waals surface area (Å²) < 4.78 is 2.29. The fourth-order valence-electron chi connectivity index (χ4n) is 3.67. The second kappa shape index (κ2) is 6.37. The Hall–Kier alpha value is -2.89. The van der Waals surface area contributed by atoms with Gasteiger partial charge in [-0.2, -0.15) is 0 Å². The molecule has 5 heteroatoms. The molecule has 0 saturated heterocycles. The van der Waals surface area contributed by atoms with Gasteiger partial charge < -0.3 is 10.3 Å². The van der Waals surface area contributed by atoms with Gasteiger partial charge in [-0.25, -0.2) is 0 Å². The van der Waals surface area contributed by atoms with Crippen molar-refractivity contribution < 1.29 is 4.79 Å². The van der Waals surface area contributed by atoms with E-state index in [1.54, 1.807) is 22.7 Å². The SMILES string of the molecule is NC(=O)c1cccc2c1c1ccc(-c3cccs3)cc1n2Cc1cccs1. The Bertz CT molecular complexity index is 1270. The summed E-state index contributed by atoms with van der Waals surface area (Å²) in [6.45, 7) is 0.772. The number of thiophene rings is 2. The van der Waals surface area contributed by atoms with E-state index in [2.05, 4.69) is 63.9 Å². The van der Waals surface area contributed by atoms with Crippen molar-refractivity contribution in [3.63, 3.8) is 0 Å². The fourth-order valence-corrected chi connectivity index (χ4v) is 5.09. The largest absolute Gasteiger partial charge is 0.366 e. The van der Waals surface area contributed by atoms with Gasteiger partial charge in [0.05, 0.1) is 17.6 Å². The quantitative estimate of drug-likeness (QED) is 0.420. The number of hydrogen-bond acceptors (Lipinski definition) is 3. The van der Waals surface area contributed by atoms with Crippen LogP contribution in [0.25, 0.3) is 32.2 Å². The second-order valence-corrected chi connectivity index (χ2v) is 8.42. The van der Waals surface area contributed by atoms with E-state index in [4.69, 9.17) is 5.73 Å². The molecule has 2 aromatic carbocycles. The molecule has 132 valence electrons. The van der Waals surface area contributed by atoms with E-state index in [0.29, 0.717) is 5.56 Å². The summed E-state index contributed by atoms with van der Waals surface area (Å²) in [4.78, 5) is 14.6. The molecule has 2 N–H and O–H groups in total. The van der Waals surface area contributed by atoms with Crippen LogP contribution in [0.4, 0.5) is 0 Å². The summed E-state index contributed by atoms with van der Waals surface area (Å²) in [6, 6.07) is 20.7. The third-order valence-electron chi connectivity index (χ3n) is 4.86. The van der Waals surface area contributed by atoms with Gasteiger partial charge in [0.2, 0.25) is 5.91 Å². The molecule has 0 atom stereocenters. The lowest BCUT2D eigenvalue weighted by molar-refractivity contribution is 0.100. The van der Waals surface area contributed by atoms with Gasteiger partial charge in [0.1, 0.15) is 0 Å². The number of primary amides is 1. The highest BCUT2D eigenvalue weighted by Crippen LogP contribution is 2.36. The molecule has 0 unspecified atom stereocenters. The molecular weight excluding hydrogens is 372 g/mol. The van der Waals surface area contributed by atoms with Crippen LogP contribution in [0, 0.1) is 0 Å². The van der Waals surface area contributed by atoms with Gasteiger partial charge >= 0.3 is 0 Å². The van der Waals surface area contributed by atoms with Gasteiger partial charge in [0.15, 0.2) is 0 Å². The number of fused-ring (bicyclic) bond motifs is 3. The van der Waals surface area contributed by atoms with Crippen LogP contribution < -0.4 is 5.73 Å². The Balaban J connectivity index is 1.85. The summed E-state index contributed by atoms with van der Waals surface area (Å²) >= 11 is 3.47. The molecule has 27 heavy (non-hydrogen) atoms. The number of aromatic nitrogens is 1. The van der Waals surface area contributed by atoms with E-state index >= 15 is 0 Å². The standard InChI is InChI=1S/C22H16N2OS2/c23-22(25)17-5-1-6-18-21(17)16-9-8-14(20-7-3-11-27-20)12-19(16)24(18)13-15-4-2-10-26-15/h1-12H,13H2,(H2,23,25). The normalized spacial score (nSPS) is 11.4. The van der Waals surface area contributed by atoms with Crippen LogP contribution in [0.15, 0.2) is 71.4 Å². The molecule has 1 amide bonds. The number of nitrogens with zero attached hydrogens (tertiary/aromatic N) is 1. The monoisotopic (exact) mass is 388 g/mol. The molecule has 0 radical (unpaired) electrons. The first kappa shape index (κ1) is 16.3. The van der Waals surface area contributed by atoms with Gasteiger partial charge in [-0.05, 0) is 46.7 Å². The van der Waals surface area contributed by atoms with Crippen LogP contribution in [0.1, 0.15) is 15.2 Å². The molecule has 3 heterocycles. The van der Waals surface area contributed by atoms with E-state index in [-0.39, 0.29) is 0 Å². The average molecular weight is 389 g/mol. The Morgan fingerprint density at radius 3 is 2.52 bits per heavy atom. The molecule has 3 aromatic heterocycles. The van der Waals surface area contributed by atoms with Crippen molar-refractivity contribution in [3.05, 3.63) is 81.9 Å². The second-order valence-electron chi connectivity index (χ2n) is 6.44. The van der Waals surface area contributed by atoms with Crippen molar-refractivity contribution in [3.8, 4) is 10.4 Å². The van der Waals surface area contributed by atoms with Crippen molar-refractivity contribution >= 4 is 50.4 Å². The first-order valence-corrected chi connectivity index (χ1v) is 10.4. The molecule has 0 aliphatic carbocycles. The van der Waals surface area contributed by atoms with Crippen molar-refractivity contribution in [1.29, 1.82) is 0 Å². The maximum absolute atomic E-state index is 12.1. The Kier molecular flexibility index (Phi) is 3.85. The van der Waals surface area contributed by atoms with Gasteiger partial charge in [0, 0.05) is 26.1 Å². The lowest BCUT2D eigenvalue weighted by Crippen LogP contribution is -2.11. The highest BCUT2D eigenvalue weighted by atomic mass is 32.1. The summed E-state index contributed by atoms with van der Waals surface area (Å²) in [7, 11) is 0. The van der Waals surface area contributed by atoms with Crippen molar-refractivity contribution in [2.75, 3.05) is 0 Å². The molecule has 0 aliphatic rings. The summed E-state index contributed by atoms with van der Waals surface area (Å²) in [5, 5.41) is 6.19. The molecule has 5 aromatic rings. The molecular formula is C22H16N2OS2. The average Bonchev–Trinajstić information content (AvgIpc) is 3.43. The minimum absolute atomic E-state index is 0.391. The van der Waals surface area contributed by atoms with E-state index in [1.165, 1.54) is 15.3 Å². The lowest BCUT2D eigenvalue weighted by atomic mass is 10.0. The zero-order chi connectivity index (χ0) is 18.4. The summed E-state index contributed by atoms with van der Waals surface area (Å²) in [5.74, 6) is -0.391. The molecule has 0 spiro atoms. The minimum Gasteiger partial charge on any atom is -0.366 e. The van der Waals surface area contributed by atoms with Crippen molar-refractivity contribution in [2.45, 2.75) is 6.54 Å². The maximum Gasteiger partial charge on any atom is 0.249 e. The third-order valence-corrected chi connectivity index (χ3v) is 6.64. The van der Waals surface area contributed by atoms with Crippen LogP contribution >= 0.6 is 22.7 Å². The molecule has 0 aliphatic heterocycles. The van der Waals surface area contributed by atoms with Gasteiger partial charge in [0.25, 0.3) is 0 Å². The first-order valence-electron chi connectivity index (χ1n) is 8.63. The van der Waals surface area contributed by atoms with E-state index in [0.717, 1.165) is 28.4 Å². The lowest BCUT2D eigenvalue weighted by Gasteiger charge is -2.07. The predicted octanol–water partition coefficient (Wildman–Crippen LogP) is 5.73. The number of nitrogens with two attached hydrogens (primary N) is 1. The van der Waals surface area contributed by atoms with Crippen LogP contribution in [-0.2, 0) is 6.54 Å². The number of carbonyl (C=O) groups is 1. The fraction of sp³-hybridized carbons (Fsp3) is 0.0455. The molecule has 5 rings (SSSR count). The Morgan fingerprint density at radius 2 is 1.78 bits per heavy atom. The van der Waals surface area contributed by atoms with E-state index < -0.39 is 5.91 Å². The number of rotatable bonds is 4. The molecule has 3 nitrogen and oxygen atoms in total. The van der Waals surface area contributed by atoms with Crippen LogP contribution in [0.2, 0.25) is 0 Å². The van der Waals surface area contributed by atoms with Crippen LogP contribution in [-0.4, -0.2) is 10.5 Å². The Labute approximate surface area is 164 Å². The molecule has 0 bridgehead atoms. The van der Waals surface area contributed by atoms with E-state index in [1.807, 2.05) is 12.1 Å². The van der Waals surface area contributed by atoms with E-state index in [9.17, 15) is 4.79 Å². The summed E-state index contributed by atoms with van der Waals surface area (Å²) in [5.41, 5.74) is 9.61. The van der Waals surface area contributed by atoms with Crippen LogP contribution in [0.5, 0.6) is 0 Å². The number of carbonyl (C=O) groups excluding carboxylic acids is 1. The van der Waals surface area contributed by atoms with Crippen molar-refractivity contribution in [1.82, 2.24) is 4.57 Å². The number of amides is 1. The molecule has 0 saturated carbocycles. The summed E-state index contributed by atoms with van der Waals surface area (Å²) in [6.07, 6.45) is 0. The smallest absolute Gasteiger partial charge is 0.249 e. The zero-order valence-electron chi connectivity index (χ0n) is 14.4. The van der Waals surface area contributed by atoms with Gasteiger partial charge in [-0.3, -0.25) is 4.79 Å². The maximum atomic E-state index is 12.1. The highest BCUT2D eigenvalue weighted by molar-refractivity contribution is 7.13. The minimum atomic E-state index is -0.391. The van der Waals surface area contributed by atoms with Crippen LogP contribution in [0.3, 0.4) is 0 Å². The molecule has 0 fully saturated rings. The zero-order valence-corrected chi connectivity index (χ0v) is 16.0. The third kappa shape index (κ3) is 2.67. The van der Waals surface area contributed by atoms with Gasteiger partial charge in [-0.1, -0.05) is 30.3 Å². The Morgan fingerprint density at radius 1 is 0.926 bits per heavy atom.